The van der Waals surface area contributed by atoms with E-state index in [-0.39, 0.29) is 16.8 Å². The third-order valence-corrected chi connectivity index (χ3v) is 8.99. The summed E-state index contributed by atoms with van der Waals surface area (Å²) >= 11 is 1.23. The number of nitrogens with one attached hydrogen (secondary N) is 2. The Bertz CT molecular complexity index is 1810. The lowest BCUT2D eigenvalue weighted by Gasteiger charge is -2.24. The van der Waals surface area contributed by atoms with Crippen molar-refractivity contribution in [2.75, 3.05) is 18.4 Å². The second kappa shape index (κ2) is 12.8. The minimum atomic E-state index is -0.787. The Kier molecular flexibility index (Phi) is 8.52. The molecule has 4 aromatic carbocycles. The summed E-state index contributed by atoms with van der Waals surface area (Å²) in [4.78, 5) is 46.5. The number of fused-ring (bicyclic) bond motifs is 1. The average molecular weight is 603 g/mol. The highest BCUT2D eigenvalue weighted by atomic mass is 32.1. The third-order valence-electron chi connectivity index (χ3n) is 7.97. The molecule has 222 valence electrons. The van der Waals surface area contributed by atoms with E-state index < -0.39 is 11.9 Å². The fourth-order valence-electron chi connectivity index (χ4n) is 5.52. The first kappa shape index (κ1) is 29.3. The largest absolute Gasteiger partial charge is 0.341 e. The van der Waals surface area contributed by atoms with Crippen LogP contribution < -0.4 is 10.6 Å². The summed E-state index contributed by atoms with van der Waals surface area (Å²) in [6.45, 7) is 5.71. The number of carbonyl (C=O) groups is 3. The van der Waals surface area contributed by atoms with Crippen LogP contribution in [0.25, 0.3) is 21.3 Å². The minimum absolute atomic E-state index is 0.107. The Morgan fingerprint density at radius 2 is 1.50 bits per heavy atom. The lowest BCUT2D eigenvalue weighted by molar-refractivity contribution is -0.132. The van der Waals surface area contributed by atoms with Crippen molar-refractivity contribution in [2.45, 2.75) is 38.6 Å². The van der Waals surface area contributed by atoms with Crippen molar-refractivity contribution in [3.8, 4) is 11.1 Å². The first-order chi connectivity index (χ1) is 21.4. The average Bonchev–Trinajstić information content (AvgIpc) is 3.74. The Balaban J connectivity index is 1.20. The molecule has 2 heterocycles. The van der Waals surface area contributed by atoms with Crippen LogP contribution in [0.4, 0.5) is 5.69 Å². The molecule has 3 amide bonds. The van der Waals surface area contributed by atoms with Crippen LogP contribution in [0.3, 0.4) is 0 Å². The van der Waals surface area contributed by atoms with E-state index in [2.05, 4.69) is 53.7 Å². The molecule has 1 aromatic heterocycles. The van der Waals surface area contributed by atoms with Gasteiger partial charge in [-0.3, -0.25) is 14.4 Å². The number of amides is 3. The molecule has 1 saturated heterocycles. The molecule has 0 aliphatic carbocycles. The highest BCUT2D eigenvalue weighted by Gasteiger charge is 2.30. The van der Waals surface area contributed by atoms with E-state index in [1.54, 1.807) is 12.1 Å². The van der Waals surface area contributed by atoms with Gasteiger partial charge in [-0.15, -0.1) is 11.3 Å². The van der Waals surface area contributed by atoms with Crippen molar-refractivity contribution in [1.29, 1.82) is 0 Å². The van der Waals surface area contributed by atoms with E-state index >= 15 is 0 Å². The molecule has 1 atom stereocenters. The first-order valence-electron chi connectivity index (χ1n) is 14.9. The molecule has 1 aliphatic heterocycles. The highest BCUT2D eigenvalue weighted by Crippen LogP contribution is 2.29. The Morgan fingerprint density at radius 3 is 2.23 bits per heavy atom. The quantitative estimate of drug-likeness (QED) is 0.193. The third kappa shape index (κ3) is 6.26. The van der Waals surface area contributed by atoms with Gasteiger partial charge in [-0.05, 0) is 65.3 Å². The van der Waals surface area contributed by atoms with Gasteiger partial charge in [-0.1, -0.05) is 86.6 Å². The maximum Gasteiger partial charge on any atom is 0.281 e. The molecular weight excluding hydrogens is 568 g/mol. The molecule has 44 heavy (non-hydrogen) atoms. The van der Waals surface area contributed by atoms with Gasteiger partial charge in [0.15, 0.2) is 5.01 Å². The molecule has 7 nitrogen and oxygen atoms in total. The molecule has 1 unspecified atom stereocenters. The van der Waals surface area contributed by atoms with Gasteiger partial charge in [0.05, 0.1) is 10.2 Å². The summed E-state index contributed by atoms with van der Waals surface area (Å²) in [5.41, 5.74) is 5.64. The van der Waals surface area contributed by atoms with Crippen molar-refractivity contribution in [2.24, 2.45) is 0 Å². The number of aromatic nitrogens is 1. The van der Waals surface area contributed by atoms with Crippen LogP contribution in [0.1, 0.15) is 69.9 Å². The fourth-order valence-corrected chi connectivity index (χ4v) is 6.43. The highest BCUT2D eigenvalue weighted by molar-refractivity contribution is 7.20. The van der Waals surface area contributed by atoms with Crippen molar-refractivity contribution in [3.63, 3.8) is 0 Å². The van der Waals surface area contributed by atoms with Gasteiger partial charge in [-0.25, -0.2) is 4.98 Å². The molecule has 5 aromatic rings. The van der Waals surface area contributed by atoms with Crippen molar-refractivity contribution >= 4 is 45.0 Å². The SMILES string of the molecule is CC(C)c1ccc(-c2ccccc2C(=O)Nc2ccc3nc(C(=O)NC(C(=O)N4CCCC4)c4ccccc4)sc3c2)cc1. The van der Waals surface area contributed by atoms with Crippen LogP contribution in [0.15, 0.2) is 97.1 Å². The number of hydrogen-bond donors (Lipinski definition) is 2. The number of carbonyl (C=O) groups excluding carboxylic acids is 3. The van der Waals surface area contributed by atoms with E-state index in [1.807, 2.05) is 65.6 Å². The molecule has 0 radical (unpaired) electrons. The lowest BCUT2D eigenvalue weighted by atomic mass is 9.95. The zero-order chi connectivity index (χ0) is 30.6. The second-order valence-corrected chi connectivity index (χ2v) is 12.4. The fraction of sp³-hybridized carbons (Fsp3) is 0.222. The maximum absolute atomic E-state index is 13.4. The molecule has 0 spiro atoms. The topological polar surface area (TPSA) is 91.4 Å². The van der Waals surface area contributed by atoms with Crippen LogP contribution in [-0.2, 0) is 4.79 Å². The summed E-state index contributed by atoms with van der Waals surface area (Å²) in [6, 6.07) is 29.8. The minimum Gasteiger partial charge on any atom is -0.341 e. The second-order valence-electron chi connectivity index (χ2n) is 11.3. The molecule has 6 rings (SSSR count). The van der Waals surface area contributed by atoms with Crippen LogP contribution in [0.2, 0.25) is 0 Å². The number of anilines is 1. The van der Waals surface area contributed by atoms with Crippen LogP contribution >= 0.6 is 11.3 Å². The number of benzene rings is 4. The van der Waals surface area contributed by atoms with Gasteiger partial charge in [0.25, 0.3) is 11.8 Å². The molecule has 8 heteroatoms. The van der Waals surface area contributed by atoms with E-state index in [1.165, 1.54) is 16.9 Å². The predicted molar refractivity (Wildman–Crippen MR) is 176 cm³/mol. The number of thiazole rings is 1. The number of likely N-dealkylation sites (tertiary alicyclic amines) is 1. The van der Waals surface area contributed by atoms with Crippen LogP contribution in [0.5, 0.6) is 0 Å². The van der Waals surface area contributed by atoms with Gasteiger partial charge in [-0.2, -0.15) is 0 Å². The van der Waals surface area contributed by atoms with Crippen molar-refractivity contribution in [3.05, 3.63) is 119 Å². The maximum atomic E-state index is 13.4. The van der Waals surface area contributed by atoms with E-state index in [9.17, 15) is 14.4 Å². The Morgan fingerprint density at radius 1 is 0.795 bits per heavy atom. The summed E-state index contributed by atoms with van der Waals surface area (Å²) in [6.07, 6.45) is 1.93. The zero-order valence-corrected chi connectivity index (χ0v) is 25.6. The standard InChI is InChI=1S/C36H34N4O3S/c1-23(2)24-14-16-25(17-15-24)28-12-6-7-13-29(28)33(41)37-27-18-19-30-31(22-27)44-35(38-30)34(42)39-32(26-10-4-3-5-11-26)36(43)40-20-8-9-21-40/h3-7,10-19,22-23,32H,8-9,20-21H2,1-2H3,(H,37,41)(H,39,42). The van der Waals surface area contributed by atoms with Gasteiger partial charge >= 0.3 is 0 Å². The molecule has 0 saturated carbocycles. The van der Waals surface area contributed by atoms with Crippen LogP contribution in [-0.4, -0.2) is 40.7 Å². The molecule has 1 fully saturated rings. The summed E-state index contributed by atoms with van der Waals surface area (Å²) in [7, 11) is 0. The molecular formula is C36H34N4O3S. The Labute approximate surface area is 260 Å². The Hall–Kier alpha value is -4.82. The molecule has 1 aliphatic rings. The summed E-state index contributed by atoms with van der Waals surface area (Å²) in [5.74, 6) is -0.306. The predicted octanol–water partition coefficient (Wildman–Crippen LogP) is 7.43. The monoisotopic (exact) mass is 602 g/mol. The molecule has 0 bridgehead atoms. The van der Waals surface area contributed by atoms with E-state index in [4.69, 9.17) is 0 Å². The van der Waals surface area contributed by atoms with Crippen LogP contribution in [0, 0.1) is 0 Å². The zero-order valence-electron chi connectivity index (χ0n) is 24.7. The summed E-state index contributed by atoms with van der Waals surface area (Å²) in [5, 5.41) is 6.21. The number of nitrogens with zero attached hydrogens (tertiary/aromatic N) is 2. The number of hydrogen-bond acceptors (Lipinski definition) is 5. The van der Waals surface area contributed by atoms with Gasteiger partial charge in [0.1, 0.15) is 6.04 Å². The molecule has 2 N–H and O–H groups in total. The van der Waals surface area contributed by atoms with E-state index in [0.717, 1.165) is 34.2 Å². The lowest BCUT2D eigenvalue weighted by Crippen LogP contribution is -2.41. The van der Waals surface area contributed by atoms with Crippen molar-refractivity contribution in [1.82, 2.24) is 15.2 Å². The summed E-state index contributed by atoms with van der Waals surface area (Å²) < 4.78 is 0.757. The van der Waals surface area contributed by atoms with Crippen molar-refractivity contribution < 1.29 is 14.4 Å². The van der Waals surface area contributed by atoms with Gasteiger partial charge < -0.3 is 15.5 Å². The first-order valence-corrected chi connectivity index (χ1v) is 15.7. The smallest absolute Gasteiger partial charge is 0.281 e. The van der Waals surface area contributed by atoms with E-state index in [0.29, 0.717) is 35.8 Å². The van der Waals surface area contributed by atoms with Gasteiger partial charge in [0.2, 0.25) is 5.91 Å². The van der Waals surface area contributed by atoms with Gasteiger partial charge in [0, 0.05) is 24.3 Å². The normalized spacial score (nSPS) is 13.7. The number of rotatable bonds is 8.